The SMILES string of the molecule is CN(C)CC(=O)N1CCc2[nH]nc(C(=O)NC3CCCCC3)c2C1. The molecule has 1 saturated carbocycles. The molecule has 0 aromatic carbocycles. The van der Waals surface area contributed by atoms with Gasteiger partial charge in [0, 0.05) is 36.8 Å². The van der Waals surface area contributed by atoms with Crippen molar-refractivity contribution in [1.82, 2.24) is 25.3 Å². The van der Waals surface area contributed by atoms with Gasteiger partial charge in [0.05, 0.1) is 6.54 Å². The van der Waals surface area contributed by atoms with Gasteiger partial charge in [-0.1, -0.05) is 19.3 Å². The molecular weight excluding hydrogens is 306 g/mol. The van der Waals surface area contributed by atoms with Gasteiger partial charge in [-0.15, -0.1) is 0 Å². The zero-order valence-electron chi connectivity index (χ0n) is 14.6. The Morgan fingerprint density at radius 3 is 2.75 bits per heavy atom. The summed E-state index contributed by atoms with van der Waals surface area (Å²) >= 11 is 0. The molecule has 0 radical (unpaired) electrons. The van der Waals surface area contributed by atoms with Gasteiger partial charge in [-0.3, -0.25) is 14.7 Å². The highest BCUT2D eigenvalue weighted by atomic mass is 16.2. The van der Waals surface area contributed by atoms with Crippen LogP contribution in [0.5, 0.6) is 0 Å². The molecule has 1 aromatic heterocycles. The zero-order chi connectivity index (χ0) is 17.1. The minimum absolute atomic E-state index is 0.0884. The molecular formula is C17H27N5O2. The average Bonchev–Trinajstić information content (AvgIpc) is 2.98. The maximum atomic E-state index is 12.6. The molecule has 0 saturated heterocycles. The van der Waals surface area contributed by atoms with Crippen molar-refractivity contribution in [2.45, 2.75) is 51.1 Å². The fraction of sp³-hybridized carbons (Fsp3) is 0.706. The number of fused-ring (bicyclic) bond motifs is 1. The normalized spacial score (nSPS) is 18.5. The lowest BCUT2D eigenvalue weighted by Gasteiger charge is -2.28. The van der Waals surface area contributed by atoms with Crippen molar-refractivity contribution >= 4 is 11.8 Å². The van der Waals surface area contributed by atoms with E-state index in [-0.39, 0.29) is 17.9 Å². The Morgan fingerprint density at radius 2 is 2.04 bits per heavy atom. The van der Waals surface area contributed by atoms with Gasteiger partial charge in [-0.05, 0) is 26.9 Å². The summed E-state index contributed by atoms with van der Waals surface area (Å²) in [4.78, 5) is 28.6. The zero-order valence-corrected chi connectivity index (χ0v) is 14.6. The first kappa shape index (κ1) is 17.0. The molecule has 24 heavy (non-hydrogen) atoms. The fourth-order valence-electron chi connectivity index (χ4n) is 3.57. The summed E-state index contributed by atoms with van der Waals surface area (Å²) < 4.78 is 0. The second-order valence-corrected chi connectivity index (χ2v) is 7.14. The molecule has 0 bridgehead atoms. The van der Waals surface area contributed by atoms with Crippen molar-refractivity contribution < 1.29 is 9.59 Å². The summed E-state index contributed by atoms with van der Waals surface area (Å²) in [6.45, 7) is 1.52. The lowest BCUT2D eigenvalue weighted by molar-refractivity contribution is -0.132. The van der Waals surface area contributed by atoms with E-state index < -0.39 is 0 Å². The third-order valence-corrected chi connectivity index (χ3v) is 4.89. The van der Waals surface area contributed by atoms with Gasteiger partial charge in [-0.2, -0.15) is 5.10 Å². The van der Waals surface area contributed by atoms with Gasteiger partial charge in [0.2, 0.25) is 5.91 Å². The topological polar surface area (TPSA) is 81.3 Å². The molecule has 132 valence electrons. The summed E-state index contributed by atoms with van der Waals surface area (Å²) in [5.74, 6) is -0.0215. The Labute approximate surface area is 142 Å². The summed E-state index contributed by atoms with van der Waals surface area (Å²) in [7, 11) is 3.77. The van der Waals surface area contributed by atoms with E-state index in [1.165, 1.54) is 19.3 Å². The molecule has 0 spiro atoms. The van der Waals surface area contributed by atoms with Crippen LogP contribution in [0.1, 0.15) is 53.8 Å². The number of H-pyrrole nitrogens is 1. The number of amides is 2. The first-order chi connectivity index (χ1) is 11.5. The molecule has 2 aliphatic rings. The van der Waals surface area contributed by atoms with Gasteiger partial charge in [0.15, 0.2) is 5.69 Å². The van der Waals surface area contributed by atoms with E-state index in [1.807, 2.05) is 23.9 Å². The Balaban J connectivity index is 1.68. The number of rotatable bonds is 4. The molecule has 0 atom stereocenters. The van der Waals surface area contributed by atoms with Gasteiger partial charge >= 0.3 is 0 Å². The van der Waals surface area contributed by atoms with Crippen molar-refractivity contribution in [2.75, 3.05) is 27.2 Å². The van der Waals surface area contributed by atoms with Gasteiger partial charge < -0.3 is 15.1 Å². The van der Waals surface area contributed by atoms with E-state index in [2.05, 4.69) is 15.5 Å². The van der Waals surface area contributed by atoms with Crippen LogP contribution in [-0.4, -0.2) is 65.0 Å². The van der Waals surface area contributed by atoms with Gasteiger partial charge in [0.1, 0.15) is 0 Å². The summed E-state index contributed by atoms with van der Waals surface area (Å²) in [5.41, 5.74) is 2.32. The highest BCUT2D eigenvalue weighted by molar-refractivity contribution is 5.94. The molecule has 3 rings (SSSR count). The average molecular weight is 333 g/mol. The fourth-order valence-corrected chi connectivity index (χ4v) is 3.57. The lowest BCUT2D eigenvalue weighted by Crippen LogP contribution is -2.42. The highest BCUT2D eigenvalue weighted by Gasteiger charge is 2.28. The van der Waals surface area contributed by atoms with Crippen LogP contribution in [0.4, 0.5) is 0 Å². The Bertz CT molecular complexity index is 604. The number of hydrogen-bond acceptors (Lipinski definition) is 4. The number of carbonyl (C=O) groups is 2. The Kier molecular flexibility index (Phi) is 5.18. The third kappa shape index (κ3) is 3.77. The van der Waals surface area contributed by atoms with Crippen LogP contribution in [0.15, 0.2) is 0 Å². The largest absolute Gasteiger partial charge is 0.348 e. The number of nitrogens with one attached hydrogen (secondary N) is 2. The molecule has 1 aliphatic carbocycles. The van der Waals surface area contributed by atoms with Crippen molar-refractivity contribution in [3.05, 3.63) is 17.0 Å². The summed E-state index contributed by atoms with van der Waals surface area (Å²) in [6.07, 6.45) is 6.43. The molecule has 2 amide bonds. The van der Waals surface area contributed by atoms with Crippen LogP contribution in [0.3, 0.4) is 0 Å². The number of aromatic nitrogens is 2. The molecule has 0 unspecified atom stereocenters. The number of aromatic amines is 1. The van der Waals surface area contributed by atoms with Crippen LogP contribution < -0.4 is 5.32 Å². The standard InChI is InChI=1S/C17H27N5O2/c1-21(2)11-15(23)22-9-8-14-13(10-22)16(20-19-14)17(24)18-12-6-4-3-5-7-12/h12H,3-11H2,1-2H3,(H,18,24)(H,19,20). The number of nitrogens with zero attached hydrogens (tertiary/aromatic N) is 3. The molecule has 1 aromatic rings. The van der Waals surface area contributed by atoms with Crippen molar-refractivity contribution in [3.63, 3.8) is 0 Å². The predicted octanol–water partition coefficient (Wildman–Crippen LogP) is 0.918. The minimum Gasteiger partial charge on any atom is -0.348 e. The first-order valence-corrected chi connectivity index (χ1v) is 8.84. The summed E-state index contributed by atoms with van der Waals surface area (Å²) in [6, 6.07) is 0.258. The van der Waals surface area contributed by atoms with Crippen LogP contribution >= 0.6 is 0 Å². The van der Waals surface area contributed by atoms with E-state index in [4.69, 9.17) is 0 Å². The summed E-state index contributed by atoms with van der Waals surface area (Å²) in [5, 5.41) is 10.3. The molecule has 7 nitrogen and oxygen atoms in total. The molecule has 1 aliphatic heterocycles. The number of hydrogen-bond donors (Lipinski definition) is 2. The maximum absolute atomic E-state index is 12.6. The Hall–Kier alpha value is -1.89. The minimum atomic E-state index is -0.110. The highest BCUT2D eigenvalue weighted by Crippen LogP contribution is 2.22. The van der Waals surface area contributed by atoms with E-state index in [9.17, 15) is 9.59 Å². The quantitative estimate of drug-likeness (QED) is 0.858. The molecule has 1 fully saturated rings. The molecule has 2 N–H and O–H groups in total. The van der Waals surface area contributed by atoms with Crippen molar-refractivity contribution in [3.8, 4) is 0 Å². The van der Waals surface area contributed by atoms with Gasteiger partial charge in [-0.25, -0.2) is 0 Å². The maximum Gasteiger partial charge on any atom is 0.272 e. The lowest BCUT2D eigenvalue weighted by atomic mass is 9.95. The third-order valence-electron chi connectivity index (χ3n) is 4.89. The Morgan fingerprint density at radius 1 is 1.29 bits per heavy atom. The second kappa shape index (κ2) is 7.34. The van der Waals surface area contributed by atoms with E-state index in [0.29, 0.717) is 25.3 Å². The van der Waals surface area contributed by atoms with Gasteiger partial charge in [0.25, 0.3) is 5.91 Å². The number of likely N-dealkylation sites (N-methyl/N-ethyl adjacent to an activating group) is 1. The molecule has 2 heterocycles. The molecule has 7 heteroatoms. The van der Waals surface area contributed by atoms with Crippen LogP contribution in [0.2, 0.25) is 0 Å². The first-order valence-electron chi connectivity index (χ1n) is 8.84. The number of carbonyl (C=O) groups excluding carboxylic acids is 2. The van der Waals surface area contributed by atoms with Crippen LogP contribution in [0, 0.1) is 0 Å². The van der Waals surface area contributed by atoms with E-state index in [0.717, 1.165) is 30.5 Å². The predicted molar refractivity (Wildman–Crippen MR) is 90.6 cm³/mol. The van der Waals surface area contributed by atoms with Crippen LogP contribution in [0.25, 0.3) is 0 Å². The van der Waals surface area contributed by atoms with E-state index in [1.54, 1.807) is 0 Å². The smallest absolute Gasteiger partial charge is 0.272 e. The van der Waals surface area contributed by atoms with Crippen molar-refractivity contribution in [2.24, 2.45) is 0 Å². The monoisotopic (exact) mass is 333 g/mol. The van der Waals surface area contributed by atoms with Crippen molar-refractivity contribution in [1.29, 1.82) is 0 Å². The van der Waals surface area contributed by atoms with Crippen LogP contribution in [-0.2, 0) is 17.8 Å². The van der Waals surface area contributed by atoms with E-state index >= 15 is 0 Å². The second-order valence-electron chi connectivity index (χ2n) is 7.14.